The van der Waals surface area contributed by atoms with Crippen molar-refractivity contribution in [3.63, 3.8) is 0 Å². The van der Waals surface area contributed by atoms with Crippen LogP contribution in [0.2, 0.25) is 10.0 Å². The van der Waals surface area contributed by atoms with E-state index in [-0.39, 0.29) is 5.82 Å². The van der Waals surface area contributed by atoms with Crippen LogP contribution in [0.15, 0.2) is 54.7 Å². The van der Waals surface area contributed by atoms with Crippen LogP contribution in [0.5, 0.6) is 0 Å². The quantitative estimate of drug-likeness (QED) is 0.355. The van der Waals surface area contributed by atoms with Crippen molar-refractivity contribution in [2.75, 3.05) is 17.7 Å². The highest BCUT2D eigenvalue weighted by Crippen LogP contribution is 2.34. The number of benzene rings is 2. The third-order valence-electron chi connectivity index (χ3n) is 5.46. The molecule has 2 aromatic carbocycles. The molecular formula is C25H29Cl2FN4. The molecule has 0 unspecified atom stereocenters. The van der Waals surface area contributed by atoms with E-state index < -0.39 is 0 Å². The zero-order chi connectivity index (χ0) is 22.9. The van der Waals surface area contributed by atoms with Crippen LogP contribution in [-0.2, 0) is 6.54 Å². The second-order valence-corrected chi connectivity index (χ2v) is 8.52. The average Bonchev–Trinajstić information content (AvgIpc) is 2.82. The number of nitrogens with zero attached hydrogens (tertiary/aromatic N) is 1. The summed E-state index contributed by atoms with van der Waals surface area (Å²) in [6.45, 7) is 0.472. The summed E-state index contributed by atoms with van der Waals surface area (Å²) in [7, 11) is 1.50. The lowest BCUT2D eigenvalue weighted by atomic mass is 9.95. The van der Waals surface area contributed by atoms with Crippen LogP contribution in [0.25, 0.3) is 11.1 Å². The second kappa shape index (κ2) is 12.0. The van der Waals surface area contributed by atoms with E-state index in [1.807, 2.05) is 30.3 Å². The van der Waals surface area contributed by atoms with Crippen LogP contribution >= 0.6 is 23.2 Å². The van der Waals surface area contributed by atoms with Gasteiger partial charge in [0, 0.05) is 24.3 Å². The van der Waals surface area contributed by atoms with Crippen molar-refractivity contribution < 1.29 is 4.39 Å². The first kappa shape index (κ1) is 24.3. The van der Waals surface area contributed by atoms with Gasteiger partial charge in [0.15, 0.2) is 0 Å². The molecule has 1 heterocycles. The van der Waals surface area contributed by atoms with E-state index in [2.05, 4.69) is 21.4 Å². The molecule has 1 aliphatic carbocycles. The predicted molar refractivity (Wildman–Crippen MR) is 134 cm³/mol. The molecular weight excluding hydrogens is 446 g/mol. The Labute approximate surface area is 199 Å². The van der Waals surface area contributed by atoms with Crippen LogP contribution in [0.4, 0.5) is 15.9 Å². The summed E-state index contributed by atoms with van der Waals surface area (Å²) < 4.78 is 13.4. The lowest BCUT2D eigenvalue weighted by molar-refractivity contribution is 0.462. The highest BCUT2D eigenvalue weighted by Gasteiger charge is 2.15. The standard InChI is InChI=1S/C24H24Cl2FN3.CH5N/c25-21-10-9-17(12-23(21)28-14-16-5-4-6-18(27)11-16)20-13-24(29-15-22(20)26)30-19-7-2-1-3-8-19;1-2/h4-6,9-13,15,19,28H,1-3,7-8,14H2,(H,29,30);2H2,1H3. The molecule has 4 nitrogen and oxygen atoms in total. The molecule has 3 aromatic rings. The molecule has 0 radical (unpaired) electrons. The molecule has 1 fully saturated rings. The molecule has 1 aromatic heterocycles. The third kappa shape index (κ3) is 6.58. The van der Waals surface area contributed by atoms with Gasteiger partial charge in [-0.15, -0.1) is 0 Å². The minimum atomic E-state index is -0.254. The van der Waals surface area contributed by atoms with Gasteiger partial charge in [0.05, 0.1) is 15.7 Å². The Hall–Kier alpha value is -2.34. The third-order valence-corrected chi connectivity index (χ3v) is 6.09. The molecule has 0 aliphatic heterocycles. The fourth-order valence-electron chi connectivity index (χ4n) is 3.87. The lowest BCUT2D eigenvalue weighted by Crippen LogP contribution is -2.22. The summed E-state index contributed by atoms with van der Waals surface area (Å²) in [6.07, 6.45) is 7.87. The number of aromatic nitrogens is 1. The Morgan fingerprint density at radius 3 is 2.53 bits per heavy atom. The molecule has 4 N–H and O–H groups in total. The SMILES string of the molecule is CN.Fc1cccc(CNc2cc(-c3cc(NC4CCCCC4)ncc3Cl)ccc2Cl)c1. The van der Waals surface area contributed by atoms with E-state index in [4.69, 9.17) is 23.2 Å². The van der Waals surface area contributed by atoms with Gasteiger partial charge in [-0.2, -0.15) is 0 Å². The van der Waals surface area contributed by atoms with Gasteiger partial charge < -0.3 is 16.4 Å². The number of nitrogens with two attached hydrogens (primary N) is 1. The van der Waals surface area contributed by atoms with Gasteiger partial charge in [-0.05, 0) is 61.3 Å². The van der Waals surface area contributed by atoms with Crippen LogP contribution in [0.1, 0.15) is 37.7 Å². The molecule has 7 heteroatoms. The molecule has 170 valence electrons. The number of nitrogens with one attached hydrogen (secondary N) is 2. The number of halogens is 3. The maximum Gasteiger partial charge on any atom is 0.126 e. The van der Waals surface area contributed by atoms with E-state index in [9.17, 15) is 4.39 Å². The molecule has 0 bridgehead atoms. The molecule has 1 aliphatic rings. The first-order valence-corrected chi connectivity index (χ1v) is 11.6. The second-order valence-electron chi connectivity index (χ2n) is 7.71. The number of anilines is 2. The van der Waals surface area contributed by atoms with E-state index in [1.165, 1.54) is 51.3 Å². The molecule has 1 saturated carbocycles. The number of hydrogen-bond acceptors (Lipinski definition) is 4. The van der Waals surface area contributed by atoms with Crippen molar-refractivity contribution in [3.8, 4) is 11.1 Å². The van der Waals surface area contributed by atoms with E-state index in [0.29, 0.717) is 22.6 Å². The molecule has 32 heavy (non-hydrogen) atoms. The van der Waals surface area contributed by atoms with Gasteiger partial charge in [0.2, 0.25) is 0 Å². The van der Waals surface area contributed by atoms with Crippen LogP contribution in [0.3, 0.4) is 0 Å². The van der Waals surface area contributed by atoms with E-state index >= 15 is 0 Å². The van der Waals surface area contributed by atoms with Crippen molar-refractivity contribution in [2.45, 2.75) is 44.7 Å². The number of rotatable bonds is 6. The monoisotopic (exact) mass is 474 g/mol. The number of pyridine rings is 1. The summed E-state index contributed by atoms with van der Waals surface area (Å²) in [5, 5.41) is 8.03. The summed E-state index contributed by atoms with van der Waals surface area (Å²) in [5.41, 5.74) is 7.96. The Balaban J connectivity index is 0.00000141. The maximum atomic E-state index is 13.4. The van der Waals surface area contributed by atoms with Crippen molar-refractivity contribution in [1.29, 1.82) is 0 Å². The van der Waals surface area contributed by atoms with Gasteiger partial charge in [-0.1, -0.05) is 60.7 Å². The minimum absolute atomic E-state index is 0.254. The number of hydrogen-bond donors (Lipinski definition) is 3. The largest absolute Gasteiger partial charge is 0.380 e. The molecule has 0 amide bonds. The summed E-state index contributed by atoms with van der Waals surface area (Å²) in [4.78, 5) is 4.46. The normalized spacial score (nSPS) is 13.8. The fourth-order valence-corrected chi connectivity index (χ4v) is 4.26. The van der Waals surface area contributed by atoms with Gasteiger partial charge >= 0.3 is 0 Å². The Morgan fingerprint density at radius 1 is 1.00 bits per heavy atom. The maximum absolute atomic E-state index is 13.4. The zero-order valence-corrected chi connectivity index (χ0v) is 19.7. The predicted octanol–water partition coefficient (Wildman–Crippen LogP) is 7.13. The van der Waals surface area contributed by atoms with Crippen LogP contribution < -0.4 is 16.4 Å². The van der Waals surface area contributed by atoms with Crippen molar-refractivity contribution in [2.24, 2.45) is 5.73 Å². The zero-order valence-electron chi connectivity index (χ0n) is 18.2. The molecule has 0 spiro atoms. The first-order valence-electron chi connectivity index (χ1n) is 10.9. The lowest BCUT2D eigenvalue weighted by Gasteiger charge is -2.23. The van der Waals surface area contributed by atoms with Crippen molar-refractivity contribution in [3.05, 3.63) is 76.2 Å². The van der Waals surface area contributed by atoms with Gasteiger partial charge in [0.1, 0.15) is 11.6 Å². The summed E-state index contributed by atoms with van der Waals surface area (Å²) in [5.74, 6) is 0.584. The molecule has 4 rings (SSSR count). The Morgan fingerprint density at radius 2 is 1.78 bits per heavy atom. The van der Waals surface area contributed by atoms with Crippen molar-refractivity contribution in [1.82, 2.24) is 4.98 Å². The molecule has 0 saturated heterocycles. The van der Waals surface area contributed by atoms with Crippen LogP contribution in [-0.4, -0.2) is 18.1 Å². The van der Waals surface area contributed by atoms with Gasteiger partial charge in [0.25, 0.3) is 0 Å². The van der Waals surface area contributed by atoms with Gasteiger partial charge in [-0.3, -0.25) is 0 Å². The summed E-state index contributed by atoms with van der Waals surface area (Å²) >= 11 is 12.9. The highest BCUT2D eigenvalue weighted by atomic mass is 35.5. The van der Waals surface area contributed by atoms with Gasteiger partial charge in [-0.25, -0.2) is 9.37 Å². The smallest absolute Gasteiger partial charge is 0.126 e. The van der Waals surface area contributed by atoms with E-state index in [0.717, 1.165) is 28.2 Å². The Kier molecular flexibility index (Phi) is 9.15. The average molecular weight is 475 g/mol. The topological polar surface area (TPSA) is 63.0 Å². The molecule has 0 atom stereocenters. The minimum Gasteiger partial charge on any atom is -0.380 e. The fraction of sp³-hybridized carbons (Fsp3) is 0.320. The van der Waals surface area contributed by atoms with Crippen LogP contribution in [0, 0.1) is 5.82 Å². The first-order chi connectivity index (χ1) is 15.6. The summed E-state index contributed by atoms with van der Waals surface area (Å²) in [6, 6.07) is 14.7. The highest BCUT2D eigenvalue weighted by molar-refractivity contribution is 6.34. The Bertz CT molecular complexity index is 1020. The van der Waals surface area contributed by atoms with E-state index in [1.54, 1.807) is 12.3 Å². The van der Waals surface area contributed by atoms with Crippen molar-refractivity contribution >= 4 is 34.7 Å².